The number of carbonyl (C=O) groups is 1. The number of carbonyl (C=O) groups excluding carboxylic acids is 1. The zero-order chi connectivity index (χ0) is 18.6. The van der Waals surface area contributed by atoms with Crippen LogP contribution in [-0.2, 0) is 21.2 Å². The van der Waals surface area contributed by atoms with E-state index in [4.69, 9.17) is 0 Å². The van der Waals surface area contributed by atoms with Crippen LogP contribution in [0.3, 0.4) is 0 Å². The van der Waals surface area contributed by atoms with E-state index in [9.17, 15) is 18.0 Å². The lowest BCUT2D eigenvalue weighted by molar-refractivity contribution is -0.131. The van der Waals surface area contributed by atoms with E-state index in [-0.39, 0.29) is 29.1 Å². The van der Waals surface area contributed by atoms with Gasteiger partial charge in [-0.3, -0.25) is 9.36 Å². The molecule has 8 nitrogen and oxygen atoms in total. The van der Waals surface area contributed by atoms with Crippen molar-refractivity contribution in [3.05, 3.63) is 10.5 Å². The number of H-pyrrole nitrogens is 1. The van der Waals surface area contributed by atoms with Gasteiger partial charge in [-0.15, -0.1) is 5.10 Å². The summed E-state index contributed by atoms with van der Waals surface area (Å²) in [5.41, 5.74) is -0.273. The molecule has 0 bridgehead atoms. The number of sulfone groups is 1. The van der Waals surface area contributed by atoms with Crippen LogP contribution in [0.1, 0.15) is 40.0 Å². The molecule has 0 saturated carbocycles. The van der Waals surface area contributed by atoms with Crippen LogP contribution in [-0.4, -0.2) is 63.3 Å². The Balaban J connectivity index is 2.08. The summed E-state index contributed by atoms with van der Waals surface area (Å²) in [6.45, 7) is 6.69. The zero-order valence-electron chi connectivity index (χ0n) is 14.9. The summed E-state index contributed by atoms with van der Waals surface area (Å²) in [5, 5.41) is 6.50. The molecule has 0 aromatic carbocycles. The Morgan fingerprint density at radius 2 is 2.20 bits per heavy atom. The Bertz CT molecular complexity index is 756. The summed E-state index contributed by atoms with van der Waals surface area (Å²) in [7, 11) is -3.05. The van der Waals surface area contributed by atoms with Gasteiger partial charge >= 0.3 is 5.69 Å². The molecule has 0 aliphatic carbocycles. The Kier molecular flexibility index (Phi) is 6.72. The van der Waals surface area contributed by atoms with Crippen molar-refractivity contribution in [3.63, 3.8) is 0 Å². The van der Waals surface area contributed by atoms with Crippen LogP contribution < -0.4 is 5.69 Å². The SMILES string of the molecule is CCCCn1c(S[C@@H](C)C(=O)N(CC)[C@H]2CCS(=O)(=O)C2)n[nH]c1=O. The normalized spacial score (nSPS) is 20.5. The molecule has 1 amide bonds. The highest BCUT2D eigenvalue weighted by molar-refractivity contribution is 8.00. The van der Waals surface area contributed by atoms with E-state index in [0.29, 0.717) is 24.7 Å². The van der Waals surface area contributed by atoms with Gasteiger partial charge in [0.15, 0.2) is 15.0 Å². The Hall–Kier alpha value is -1.29. The van der Waals surface area contributed by atoms with Crippen molar-refractivity contribution in [2.24, 2.45) is 0 Å². The molecule has 0 radical (unpaired) electrons. The highest BCUT2D eigenvalue weighted by Crippen LogP contribution is 2.25. The first-order valence-electron chi connectivity index (χ1n) is 8.61. The standard InChI is InChI=1S/C15H26N4O4S2/c1-4-6-8-19-14(21)16-17-15(19)24-11(3)13(20)18(5-2)12-7-9-25(22,23)10-12/h11-12H,4-10H2,1-3H3,(H,16,21)/t11-,12-/m0/s1. The van der Waals surface area contributed by atoms with E-state index in [1.165, 1.54) is 11.8 Å². The fourth-order valence-corrected chi connectivity index (χ4v) is 5.65. The first-order chi connectivity index (χ1) is 11.8. The molecule has 2 heterocycles. The Labute approximate surface area is 152 Å². The lowest BCUT2D eigenvalue weighted by Gasteiger charge is -2.29. The minimum Gasteiger partial charge on any atom is -0.338 e. The predicted octanol–water partition coefficient (Wildman–Crippen LogP) is 0.888. The van der Waals surface area contributed by atoms with Gasteiger partial charge in [0.25, 0.3) is 0 Å². The number of nitrogens with one attached hydrogen (secondary N) is 1. The number of thioether (sulfide) groups is 1. The fraction of sp³-hybridized carbons (Fsp3) is 0.800. The maximum Gasteiger partial charge on any atom is 0.343 e. The average Bonchev–Trinajstić information content (AvgIpc) is 3.08. The molecule has 1 aliphatic rings. The number of amides is 1. The third-order valence-corrected chi connectivity index (χ3v) is 7.19. The van der Waals surface area contributed by atoms with Crippen molar-refractivity contribution in [2.45, 2.75) is 63.0 Å². The molecule has 0 unspecified atom stereocenters. The van der Waals surface area contributed by atoms with Gasteiger partial charge in [0.2, 0.25) is 5.91 Å². The first-order valence-corrected chi connectivity index (χ1v) is 11.3. The zero-order valence-corrected chi connectivity index (χ0v) is 16.5. The Morgan fingerprint density at radius 1 is 1.48 bits per heavy atom. The minimum atomic E-state index is -3.05. The van der Waals surface area contributed by atoms with Gasteiger partial charge in [0, 0.05) is 19.1 Å². The second-order valence-corrected chi connectivity index (χ2v) is 9.79. The second-order valence-electron chi connectivity index (χ2n) is 6.26. The molecule has 2 rings (SSSR count). The molecule has 1 aromatic rings. The van der Waals surface area contributed by atoms with Crippen LogP contribution in [0.5, 0.6) is 0 Å². The topological polar surface area (TPSA) is 105 Å². The number of aromatic amines is 1. The van der Waals surface area contributed by atoms with E-state index in [2.05, 4.69) is 10.2 Å². The number of nitrogens with zero attached hydrogens (tertiary/aromatic N) is 3. The van der Waals surface area contributed by atoms with Crippen molar-refractivity contribution in [1.29, 1.82) is 0 Å². The molecule has 0 spiro atoms. The summed E-state index contributed by atoms with van der Waals surface area (Å²) in [6, 6.07) is -0.257. The number of hydrogen-bond acceptors (Lipinski definition) is 6. The van der Waals surface area contributed by atoms with Crippen LogP contribution in [0, 0.1) is 0 Å². The Morgan fingerprint density at radius 3 is 2.76 bits per heavy atom. The molecule has 2 atom stereocenters. The van der Waals surface area contributed by atoms with Crippen LogP contribution >= 0.6 is 11.8 Å². The molecule has 1 N–H and O–H groups in total. The third kappa shape index (κ3) is 4.87. The predicted molar refractivity (Wildman–Crippen MR) is 97.5 cm³/mol. The van der Waals surface area contributed by atoms with Gasteiger partial charge in [-0.05, 0) is 26.7 Å². The maximum atomic E-state index is 12.8. The number of unbranched alkanes of at least 4 members (excludes halogenated alkanes) is 1. The maximum absolute atomic E-state index is 12.8. The molecule has 142 valence electrons. The minimum absolute atomic E-state index is 0.0353. The van der Waals surface area contributed by atoms with E-state index in [1.54, 1.807) is 16.4 Å². The summed E-state index contributed by atoms with van der Waals surface area (Å²) >= 11 is 1.23. The molecule has 1 saturated heterocycles. The van der Waals surface area contributed by atoms with Crippen LogP contribution in [0.25, 0.3) is 0 Å². The molecule has 25 heavy (non-hydrogen) atoms. The van der Waals surface area contributed by atoms with E-state index in [0.717, 1.165) is 12.8 Å². The smallest absolute Gasteiger partial charge is 0.338 e. The summed E-state index contributed by atoms with van der Waals surface area (Å²) < 4.78 is 24.9. The molecule has 1 fully saturated rings. The van der Waals surface area contributed by atoms with Gasteiger partial charge in [0.05, 0.1) is 16.8 Å². The summed E-state index contributed by atoms with van der Waals surface area (Å²) in [4.78, 5) is 26.3. The van der Waals surface area contributed by atoms with Crippen LogP contribution in [0.2, 0.25) is 0 Å². The summed E-state index contributed by atoms with van der Waals surface area (Å²) in [5.74, 6) is 0.0547. The van der Waals surface area contributed by atoms with Gasteiger partial charge in [0.1, 0.15) is 0 Å². The van der Waals surface area contributed by atoms with Crippen molar-refractivity contribution < 1.29 is 13.2 Å². The van der Waals surface area contributed by atoms with Gasteiger partial charge in [-0.2, -0.15) is 0 Å². The van der Waals surface area contributed by atoms with Gasteiger partial charge in [-0.1, -0.05) is 25.1 Å². The lowest BCUT2D eigenvalue weighted by Crippen LogP contribution is -2.44. The van der Waals surface area contributed by atoms with Crippen molar-refractivity contribution in [3.8, 4) is 0 Å². The summed E-state index contributed by atoms with van der Waals surface area (Å²) in [6.07, 6.45) is 2.30. The highest BCUT2D eigenvalue weighted by atomic mass is 32.2. The molecular formula is C15H26N4O4S2. The van der Waals surface area contributed by atoms with Gasteiger partial charge < -0.3 is 4.90 Å². The van der Waals surface area contributed by atoms with Gasteiger partial charge in [-0.25, -0.2) is 18.3 Å². The third-order valence-electron chi connectivity index (χ3n) is 4.36. The quantitative estimate of drug-likeness (QED) is 0.661. The number of hydrogen-bond donors (Lipinski definition) is 1. The van der Waals surface area contributed by atoms with E-state index < -0.39 is 15.1 Å². The highest BCUT2D eigenvalue weighted by Gasteiger charge is 2.35. The van der Waals surface area contributed by atoms with Crippen molar-refractivity contribution in [1.82, 2.24) is 19.7 Å². The first kappa shape index (κ1) is 20.0. The molecular weight excluding hydrogens is 364 g/mol. The van der Waals surface area contributed by atoms with Crippen LogP contribution in [0.4, 0.5) is 0 Å². The van der Waals surface area contributed by atoms with Crippen molar-refractivity contribution in [2.75, 3.05) is 18.1 Å². The second kappa shape index (κ2) is 8.39. The molecule has 1 aliphatic heterocycles. The van der Waals surface area contributed by atoms with E-state index in [1.807, 2.05) is 13.8 Å². The number of rotatable bonds is 8. The molecule has 10 heteroatoms. The molecule has 1 aromatic heterocycles. The largest absolute Gasteiger partial charge is 0.343 e. The fourth-order valence-electron chi connectivity index (χ4n) is 2.96. The van der Waals surface area contributed by atoms with Crippen LogP contribution in [0.15, 0.2) is 9.95 Å². The lowest BCUT2D eigenvalue weighted by atomic mass is 10.2. The van der Waals surface area contributed by atoms with Crippen molar-refractivity contribution >= 4 is 27.5 Å². The number of aromatic nitrogens is 3. The van der Waals surface area contributed by atoms with E-state index >= 15 is 0 Å². The monoisotopic (exact) mass is 390 g/mol. The average molecular weight is 391 g/mol.